The Hall–Kier alpha value is -0.315. The maximum absolute atomic E-state index is 8.91. The topological polar surface area (TPSA) is 40.5 Å². The second kappa shape index (κ2) is 6.22. The van der Waals surface area contributed by atoms with E-state index in [1.165, 1.54) is 41.9 Å². The Morgan fingerprint density at radius 3 is 2.57 bits per heavy atom. The molecule has 1 aromatic heterocycles. The van der Waals surface area contributed by atoms with Crippen LogP contribution in [-0.2, 0) is 6.42 Å². The van der Waals surface area contributed by atoms with Crippen molar-refractivity contribution in [3.8, 4) is 0 Å². The predicted octanol–water partition coefficient (Wildman–Crippen LogP) is 1.55. The van der Waals surface area contributed by atoms with Crippen LogP contribution in [0.25, 0.3) is 0 Å². The molecule has 0 spiro atoms. The van der Waals surface area contributed by atoms with E-state index in [2.05, 4.69) is 6.92 Å². The number of aryl methyl sites for hydroxylation is 1. The summed E-state index contributed by atoms with van der Waals surface area (Å²) in [5, 5.41) is 17.8. The Kier molecular flexibility index (Phi) is 5.23. The molecule has 0 aliphatic rings. The van der Waals surface area contributed by atoms with Crippen molar-refractivity contribution in [2.75, 3.05) is 0 Å². The summed E-state index contributed by atoms with van der Waals surface area (Å²) in [6, 6.07) is 3.79. The molecule has 0 aliphatic heterocycles. The van der Waals surface area contributed by atoms with E-state index in [0.29, 0.717) is 4.78 Å². The zero-order valence-electron chi connectivity index (χ0n) is 8.57. The first-order chi connectivity index (χ1) is 6.74. The molecule has 0 saturated heterocycles. The maximum atomic E-state index is 8.91. The second-order valence-corrected chi connectivity index (χ2v) is 4.69. The number of rotatable bonds is 6. The summed E-state index contributed by atoms with van der Waals surface area (Å²) in [6.07, 6.45) is 6.09. The Morgan fingerprint density at radius 2 is 2.00 bits per heavy atom. The minimum atomic E-state index is -1.30. The van der Waals surface area contributed by atoms with Crippen molar-refractivity contribution < 1.29 is 10.0 Å². The lowest BCUT2D eigenvalue weighted by molar-refractivity contribution is 0.427. The third kappa shape index (κ3) is 3.82. The van der Waals surface area contributed by atoms with Gasteiger partial charge in [-0.2, -0.15) is 0 Å². The van der Waals surface area contributed by atoms with Crippen molar-refractivity contribution in [2.45, 2.75) is 39.0 Å². The number of thiophene rings is 1. The minimum Gasteiger partial charge on any atom is -0.423 e. The fraction of sp³-hybridized carbons (Fsp3) is 0.600. The van der Waals surface area contributed by atoms with Gasteiger partial charge in [0.1, 0.15) is 0 Å². The summed E-state index contributed by atoms with van der Waals surface area (Å²) < 4.78 is 0.649. The van der Waals surface area contributed by atoms with Gasteiger partial charge in [-0.15, -0.1) is 11.3 Å². The van der Waals surface area contributed by atoms with Crippen LogP contribution in [0.1, 0.15) is 37.5 Å². The third-order valence-corrected chi connectivity index (χ3v) is 3.40. The zero-order chi connectivity index (χ0) is 10.4. The van der Waals surface area contributed by atoms with Gasteiger partial charge < -0.3 is 10.0 Å². The van der Waals surface area contributed by atoms with Crippen molar-refractivity contribution in [3.63, 3.8) is 0 Å². The van der Waals surface area contributed by atoms with E-state index in [4.69, 9.17) is 10.0 Å². The molecule has 0 radical (unpaired) electrons. The molecule has 0 fully saturated rings. The molecule has 2 N–H and O–H groups in total. The highest BCUT2D eigenvalue weighted by atomic mass is 32.1. The molecule has 2 nitrogen and oxygen atoms in total. The fourth-order valence-electron chi connectivity index (χ4n) is 1.39. The molecule has 1 heterocycles. The average Bonchev–Trinajstić information content (AvgIpc) is 2.61. The summed E-state index contributed by atoms with van der Waals surface area (Å²) in [6.45, 7) is 2.20. The van der Waals surface area contributed by atoms with Gasteiger partial charge in [0.25, 0.3) is 0 Å². The van der Waals surface area contributed by atoms with E-state index in [1.54, 1.807) is 6.07 Å². The summed E-state index contributed by atoms with van der Waals surface area (Å²) >= 11 is 1.50. The van der Waals surface area contributed by atoms with Crippen molar-refractivity contribution in [1.29, 1.82) is 0 Å². The van der Waals surface area contributed by atoms with E-state index < -0.39 is 7.12 Å². The van der Waals surface area contributed by atoms with Gasteiger partial charge in [-0.3, -0.25) is 0 Å². The van der Waals surface area contributed by atoms with Gasteiger partial charge in [0, 0.05) is 9.65 Å². The molecular weight excluding hydrogens is 195 g/mol. The van der Waals surface area contributed by atoms with E-state index in [-0.39, 0.29) is 0 Å². The first-order valence-corrected chi connectivity index (χ1v) is 6.00. The lowest BCUT2D eigenvalue weighted by atomic mass is 9.90. The first-order valence-electron chi connectivity index (χ1n) is 5.18. The molecule has 0 unspecified atom stereocenters. The monoisotopic (exact) mass is 212 g/mol. The molecule has 4 heteroatoms. The largest absolute Gasteiger partial charge is 0.499 e. The lowest BCUT2D eigenvalue weighted by Crippen LogP contribution is -2.26. The molecule has 0 amide bonds. The van der Waals surface area contributed by atoms with E-state index >= 15 is 0 Å². The van der Waals surface area contributed by atoms with Crippen LogP contribution in [0.2, 0.25) is 0 Å². The Bertz CT molecular complexity index is 260. The van der Waals surface area contributed by atoms with Gasteiger partial charge >= 0.3 is 7.12 Å². The quantitative estimate of drug-likeness (QED) is 0.554. The Morgan fingerprint density at radius 1 is 1.21 bits per heavy atom. The molecule has 14 heavy (non-hydrogen) atoms. The number of hydrogen-bond acceptors (Lipinski definition) is 3. The first kappa shape index (κ1) is 11.8. The predicted molar refractivity (Wildman–Crippen MR) is 62.0 cm³/mol. The van der Waals surface area contributed by atoms with Gasteiger partial charge in [0.15, 0.2) is 0 Å². The molecule has 0 bridgehead atoms. The van der Waals surface area contributed by atoms with Gasteiger partial charge in [0.2, 0.25) is 0 Å². The lowest BCUT2D eigenvalue weighted by Gasteiger charge is -1.96. The van der Waals surface area contributed by atoms with E-state index in [0.717, 1.165) is 6.42 Å². The molecular formula is C10H17BO2S. The molecule has 1 aromatic rings. The number of unbranched alkanes of at least 4 members (excludes halogenated alkanes) is 3. The van der Waals surface area contributed by atoms with Crippen LogP contribution < -0.4 is 4.78 Å². The number of hydrogen-bond donors (Lipinski definition) is 2. The van der Waals surface area contributed by atoms with Crippen LogP contribution in [0.3, 0.4) is 0 Å². The maximum Gasteiger partial charge on any atom is 0.499 e. The van der Waals surface area contributed by atoms with E-state index in [1.807, 2.05) is 6.07 Å². The van der Waals surface area contributed by atoms with E-state index in [9.17, 15) is 0 Å². The van der Waals surface area contributed by atoms with Crippen LogP contribution in [0.15, 0.2) is 12.1 Å². The van der Waals surface area contributed by atoms with Crippen LogP contribution >= 0.6 is 11.3 Å². The fourth-order valence-corrected chi connectivity index (χ4v) is 2.32. The van der Waals surface area contributed by atoms with Gasteiger partial charge in [0.05, 0.1) is 0 Å². The normalized spacial score (nSPS) is 10.5. The minimum absolute atomic E-state index is 0.649. The van der Waals surface area contributed by atoms with Crippen molar-refractivity contribution >= 4 is 23.2 Å². The summed E-state index contributed by atoms with van der Waals surface area (Å²) in [5.74, 6) is 0. The Balaban J connectivity index is 2.29. The SMILES string of the molecule is CCCCCCc1ccc(B(O)O)s1. The zero-order valence-corrected chi connectivity index (χ0v) is 9.39. The highest BCUT2D eigenvalue weighted by molar-refractivity contribution is 7.22. The summed E-state index contributed by atoms with van der Waals surface area (Å²) in [5.41, 5.74) is 0. The van der Waals surface area contributed by atoms with Crippen molar-refractivity contribution in [1.82, 2.24) is 0 Å². The molecule has 0 atom stereocenters. The highest BCUT2D eigenvalue weighted by Crippen LogP contribution is 2.12. The van der Waals surface area contributed by atoms with Crippen LogP contribution in [-0.4, -0.2) is 17.2 Å². The highest BCUT2D eigenvalue weighted by Gasteiger charge is 2.13. The third-order valence-electron chi connectivity index (χ3n) is 2.21. The summed E-state index contributed by atoms with van der Waals surface area (Å²) in [7, 11) is -1.30. The smallest absolute Gasteiger partial charge is 0.423 e. The van der Waals surface area contributed by atoms with Crippen LogP contribution in [0, 0.1) is 0 Å². The molecule has 1 rings (SSSR count). The van der Waals surface area contributed by atoms with Crippen molar-refractivity contribution in [2.24, 2.45) is 0 Å². The van der Waals surface area contributed by atoms with Crippen LogP contribution in [0.4, 0.5) is 0 Å². The molecule has 0 aromatic carbocycles. The molecule has 0 aliphatic carbocycles. The summed E-state index contributed by atoms with van der Waals surface area (Å²) in [4.78, 5) is 1.25. The van der Waals surface area contributed by atoms with Gasteiger partial charge in [-0.1, -0.05) is 32.3 Å². The Labute approximate surface area is 89.7 Å². The van der Waals surface area contributed by atoms with Crippen LogP contribution in [0.5, 0.6) is 0 Å². The van der Waals surface area contributed by atoms with Gasteiger partial charge in [-0.25, -0.2) is 0 Å². The average molecular weight is 212 g/mol. The molecule has 78 valence electrons. The standard InChI is InChI=1S/C10H17BO2S/c1-2-3-4-5-6-9-7-8-10(14-9)11(12)13/h7-8,12-13H,2-6H2,1H3. The van der Waals surface area contributed by atoms with Crippen molar-refractivity contribution in [3.05, 3.63) is 17.0 Å². The van der Waals surface area contributed by atoms with Gasteiger partial charge in [-0.05, 0) is 18.9 Å². The molecule has 0 saturated carbocycles. The second-order valence-electron chi connectivity index (χ2n) is 3.49.